The number of carboxylic acids is 1. The van der Waals surface area contributed by atoms with Crippen LogP contribution in [0.15, 0.2) is 18.2 Å². The summed E-state index contributed by atoms with van der Waals surface area (Å²) in [5, 5.41) is 12.0. The van der Waals surface area contributed by atoms with Crippen molar-refractivity contribution in [2.75, 3.05) is 38.7 Å². The first-order valence-electron chi connectivity index (χ1n) is 8.86. The third-order valence-corrected chi connectivity index (χ3v) is 5.38. The fourth-order valence-electron chi connectivity index (χ4n) is 3.69. The van der Waals surface area contributed by atoms with Gasteiger partial charge in [-0.05, 0) is 23.6 Å². The molecule has 1 saturated carbocycles. The molecule has 2 aliphatic rings. The van der Waals surface area contributed by atoms with Gasteiger partial charge in [0.15, 0.2) is 0 Å². The number of nitrogens with zero attached hydrogens (tertiary/aromatic N) is 1. The maximum atomic E-state index is 12.7. The molecule has 1 saturated heterocycles. The van der Waals surface area contributed by atoms with Gasteiger partial charge in [-0.25, -0.2) is 0 Å². The molecule has 0 aromatic heterocycles. The Labute approximate surface area is 157 Å². The molecule has 27 heavy (non-hydrogen) atoms. The summed E-state index contributed by atoms with van der Waals surface area (Å²) < 4.78 is 10.5. The van der Waals surface area contributed by atoms with E-state index in [1.54, 1.807) is 36.9 Å². The topological polar surface area (TPSA) is 105 Å². The van der Waals surface area contributed by atoms with Crippen LogP contribution in [0.2, 0.25) is 0 Å². The number of hydrogen-bond acceptors (Lipinski definition) is 5. The van der Waals surface area contributed by atoms with E-state index in [4.69, 9.17) is 9.47 Å². The molecular weight excluding hydrogens is 352 g/mol. The SMILES string of the molecule is COc1ccc(C(=O)N2CCOCC2)cc1NC(=O)C1C(C(=O)O)C1(C)C. The first-order valence-corrected chi connectivity index (χ1v) is 8.86. The summed E-state index contributed by atoms with van der Waals surface area (Å²) in [6, 6.07) is 4.84. The van der Waals surface area contributed by atoms with E-state index in [1.165, 1.54) is 7.11 Å². The number of aliphatic carboxylic acids is 1. The molecule has 1 aliphatic carbocycles. The van der Waals surface area contributed by atoms with Crippen LogP contribution in [0.3, 0.4) is 0 Å². The van der Waals surface area contributed by atoms with Gasteiger partial charge in [0.1, 0.15) is 5.75 Å². The summed E-state index contributed by atoms with van der Waals surface area (Å²) in [4.78, 5) is 38.3. The number of carbonyl (C=O) groups excluding carboxylic acids is 2. The lowest BCUT2D eigenvalue weighted by molar-refractivity contribution is -0.140. The monoisotopic (exact) mass is 376 g/mol. The Kier molecular flexibility index (Phi) is 5.10. The number of carboxylic acid groups (broad SMARTS) is 1. The third kappa shape index (κ3) is 3.62. The second-order valence-electron chi connectivity index (χ2n) is 7.42. The van der Waals surface area contributed by atoms with Crippen LogP contribution in [0.25, 0.3) is 0 Å². The Morgan fingerprint density at radius 3 is 2.44 bits per heavy atom. The van der Waals surface area contributed by atoms with Crippen LogP contribution in [-0.4, -0.2) is 61.2 Å². The van der Waals surface area contributed by atoms with Crippen LogP contribution < -0.4 is 10.1 Å². The fourth-order valence-corrected chi connectivity index (χ4v) is 3.69. The summed E-state index contributed by atoms with van der Waals surface area (Å²) in [5.74, 6) is -2.45. The summed E-state index contributed by atoms with van der Waals surface area (Å²) >= 11 is 0. The number of morpholine rings is 1. The van der Waals surface area contributed by atoms with Gasteiger partial charge in [-0.15, -0.1) is 0 Å². The van der Waals surface area contributed by atoms with E-state index >= 15 is 0 Å². The van der Waals surface area contributed by atoms with Crippen LogP contribution in [0.5, 0.6) is 5.75 Å². The summed E-state index contributed by atoms with van der Waals surface area (Å²) in [7, 11) is 1.47. The molecule has 3 rings (SSSR count). The van der Waals surface area contributed by atoms with Gasteiger partial charge in [-0.3, -0.25) is 14.4 Å². The molecule has 0 spiro atoms. The van der Waals surface area contributed by atoms with Crippen molar-refractivity contribution in [2.24, 2.45) is 17.3 Å². The lowest BCUT2D eigenvalue weighted by Gasteiger charge is -2.27. The van der Waals surface area contributed by atoms with E-state index in [0.717, 1.165) is 0 Å². The van der Waals surface area contributed by atoms with Gasteiger partial charge >= 0.3 is 5.97 Å². The van der Waals surface area contributed by atoms with Crippen molar-refractivity contribution >= 4 is 23.5 Å². The molecule has 2 N–H and O–H groups in total. The molecule has 2 atom stereocenters. The molecule has 146 valence electrons. The van der Waals surface area contributed by atoms with Crippen molar-refractivity contribution < 1.29 is 29.0 Å². The van der Waals surface area contributed by atoms with Crippen LogP contribution in [0, 0.1) is 17.3 Å². The quantitative estimate of drug-likeness (QED) is 0.806. The molecular formula is C19H24N2O6. The maximum absolute atomic E-state index is 12.7. The van der Waals surface area contributed by atoms with E-state index in [0.29, 0.717) is 43.3 Å². The summed E-state index contributed by atoms with van der Waals surface area (Å²) in [5.41, 5.74) is 0.177. The number of carbonyl (C=O) groups is 3. The number of amides is 2. The van der Waals surface area contributed by atoms with Crippen molar-refractivity contribution in [3.63, 3.8) is 0 Å². The molecule has 1 heterocycles. The highest BCUT2D eigenvalue weighted by Gasteiger charge is 2.65. The Balaban J connectivity index is 1.79. The number of benzene rings is 1. The average Bonchev–Trinajstić information content (AvgIpc) is 3.24. The minimum absolute atomic E-state index is 0.147. The minimum atomic E-state index is -0.983. The molecule has 2 amide bonds. The Hall–Kier alpha value is -2.61. The van der Waals surface area contributed by atoms with Gasteiger partial charge in [-0.1, -0.05) is 13.8 Å². The van der Waals surface area contributed by atoms with Crippen molar-refractivity contribution in [3.8, 4) is 5.75 Å². The molecule has 1 aromatic rings. The number of methoxy groups -OCH3 is 1. The van der Waals surface area contributed by atoms with Gasteiger partial charge in [0, 0.05) is 18.7 Å². The smallest absolute Gasteiger partial charge is 0.307 e. The molecule has 2 fully saturated rings. The molecule has 0 bridgehead atoms. The van der Waals surface area contributed by atoms with Gasteiger partial charge < -0.3 is 24.8 Å². The molecule has 0 radical (unpaired) electrons. The van der Waals surface area contributed by atoms with E-state index in [-0.39, 0.29) is 11.8 Å². The average molecular weight is 376 g/mol. The van der Waals surface area contributed by atoms with Crippen LogP contribution in [0.4, 0.5) is 5.69 Å². The van der Waals surface area contributed by atoms with Crippen molar-refractivity contribution in [2.45, 2.75) is 13.8 Å². The lowest BCUT2D eigenvalue weighted by Crippen LogP contribution is -2.40. The van der Waals surface area contributed by atoms with E-state index in [2.05, 4.69) is 5.32 Å². The second kappa shape index (κ2) is 7.19. The third-order valence-electron chi connectivity index (χ3n) is 5.38. The number of ether oxygens (including phenoxy) is 2. The van der Waals surface area contributed by atoms with Gasteiger partial charge in [0.25, 0.3) is 5.91 Å². The van der Waals surface area contributed by atoms with Crippen LogP contribution in [-0.2, 0) is 14.3 Å². The van der Waals surface area contributed by atoms with Crippen molar-refractivity contribution in [3.05, 3.63) is 23.8 Å². The zero-order chi connectivity index (χ0) is 19.8. The normalized spacial score (nSPS) is 23.4. The van der Waals surface area contributed by atoms with Crippen molar-refractivity contribution in [1.82, 2.24) is 4.90 Å². The number of rotatable bonds is 5. The molecule has 2 unspecified atom stereocenters. The number of nitrogens with one attached hydrogen (secondary N) is 1. The first kappa shape index (κ1) is 19.2. The highest BCUT2D eigenvalue weighted by molar-refractivity contribution is 6.02. The van der Waals surface area contributed by atoms with Crippen LogP contribution >= 0.6 is 0 Å². The molecule has 1 aromatic carbocycles. The lowest BCUT2D eigenvalue weighted by atomic mass is 10.1. The first-order chi connectivity index (χ1) is 12.8. The number of hydrogen-bond donors (Lipinski definition) is 2. The Morgan fingerprint density at radius 1 is 1.22 bits per heavy atom. The van der Waals surface area contributed by atoms with E-state index in [9.17, 15) is 19.5 Å². The van der Waals surface area contributed by atoms with Crippen LogP contribution in [0.1, 0.15) is 24.2 Å². The standard InChI is InChI=1S/C19H24N2O6/c1-19(2)14(15(19)18(24)25)16(22)20-12-10-11(4-5-13(12)26-3)17(23)21-6-8-27-9-7-21/h4-5,10,14-15H,6-9H2,1-3H3,(H,20,22)(H,24,25). The molecule has 1 aliphatic heterocycles. The highest BCUT2D eigenvalue weighted by Crippen LogP contribution is 2.58. The van der Waals surface area contributed by atoms with Crippen molar-refractivity contribution in [1.29, 1.82) is 0 Å². The maximum Gasteiger partial charge on any atom is 0.307 e. The van der Waals surface area contributed by atoms with Gasteiger partial charge in [0.05, 0.1) is 37.8 Å². The second-order valence-corrected chi connectivity index (χ2v) is 7.42. The van der Waals surface area contributed by atoms with Gasteiger partial charge in [-0.2, -0.15) is 0 Å². The number of anilines is 1. The fraction of sp³-hybridized carbons (Fsp3) is 0.526. The largest absolute Gasteiger partial charge is 0.495 e. The Morgan fingerprint density at radius 2 is 1.89 bits per heavy atom. The predicted molar refractivity (Wildman–Crippen MR) is 96.7 cm³/mol. The summed E-state index contributed by atoms with van der Waals surface area (Å²) in [6.07, 6.45) is 0. The Bertz CT molecular complexity index is 769. The predicted octanol–water partition coefficient (Wildman–Crippen LogP) is 1.46. The minimum Gasteiger partial charge on any atom is -0.495 e. The zero-order valence-corrected chi connectivity index (χ0v) is 15.7. The van der Waals surface area contributed by atoms with E-state index in [1.807, 2.05) is 0 Å². The molecule has 8 heteroatoms. The summed E-state index contributed by atoms with van der Waals surface area (Å²) in [6.45, 7) is 5.54. The van der Waals surface area contributed by atoms with E-state index < -0.39 is 23.2 Å². The highest BCUT2D eigenvalue weighted by atomic mass is 16.5. The molecule has 8 nitrogen and oxygen atoms in total. The van der Waals surface area contributed by atoms with Gasteiger partial charge in [0.2, 0.25) is 5.91 Å². The zero-order valence-electron chi connectivity index (χ0n) is 15.7.